The number of carbonyl (C=O) groups is 1. The lowest BCUT2D eigenvalue weighted by Gasteiger charge is -2.18. The van der Waals surface area contributed by atoms with Gasteiger partial charge in [-0.15, -0.1) is 0 Å². The van der Waals surface area contributed by atoms with Crippen LogP contribution in [0.15, 0.2) is 71.6 Å². The van der Waals surface area contributed by atoms with Crippen LogP contribution in [0.5, 0.6) is 0 Å². The number of halogens is 1. The van der Waals surface area contributed by atoms with E-state index in [1.54, 1.807) is 18.2 Å². The monoisotopic (exact) mass is 497 g/mol. The highest BCUT2D eigenvalue weighted by Gasteiger charge is 2.21. The Hall–Kier alpha value is -2.87. The van der Waals surface area contributed by atoms with Crippen LogP contribution in [0.25, 0.3) is 0 Å². The highest BCUT2D eigenvalue weighted by molar-refractivity contribution is 7.92. The average molecular weight is 498 g/mol. The van der Waals surface area contributed by atoms with Crippen LogP contribution >= 0.6 is 11.6 Å². The second-order valence-electron chi connectivity index (χ2n) is 8.55. The summed E-state index contributed by atoms with van der Waals surface area (Å²) in [6, 6.07) is 19.4. The van der Waals surface area contributed by atoms with Crippen molar-refractivity contribution >= 4 is 33.2 Å². The summed E-state index contributed by atoms with van der Waals surface area (Å²) in [7, 11) is -3.97. The number of sulfonamides is 1. The lowest BCUT2D eigenvalue weighted by Crippen LogP contribution is -2.25. The quantitative estimate of drug-likeness (QED) is 0.460. The fraction of sp³-hybridized carbons (Fsp3) is 0.269. The molecule has 1 aliphatic heterocycles. The van der Waals surface area contributed by atoms with Gasteiger partial charge in [0, 0.05) is 24.3 Å². The molecule has 0 saturated carbocycles. The molecule has 6 nitrogen and oxygen atoms in total. The fourth-order valence-electron chi connectivity index (χ4n) is 4.11. The highest BCUT2D eigenvalue weighted by atomic mass is 35.5. The zero-order valence-electron chi connectivity index (χ0n) is 19.1. The third-order valence-corrected chi connectivity index (χ3v) is 7.77. The molecule has 3 aromatic carbocycles. The molecule has 0 atom stereocenters. The summed E-state index contributed by atoms with van der Waals surface area (Å²) >= 11 is 6.20. The molecule has 0 aromatic heterocycles. The Morgan fingerprint density at radius 1 is 0.971 bits per heavy atom. The Labute approximate surface area is 206 Å². The van der Waals surface area contributed by atoms with Gasteiger partial charge in [0.2, 0.25) is 0 Å². The van der Waals surface area contributed by atoms with Gasteiger partial charge in [0.05, 0.1) is 5.02 Å². The average Bonchev–Trinajstić information content (AvgIpc) is 3.31. The zero-order valence-corrected chi connectivity index (χ0v) is 20.6. The molecule has 3 aromatic rings. The van der Waals surface area contributed by atoms with Gasteiger partial charge in [0.1, 0.15) is 4.90 Å². The van der Waals surface area contributed by atoms with Crippen molar-refractivity contribution in [2.45, 2.75) is 37.8 Å². The van der Waals surface area contributed by atoms with Crippen LogP contribution in [-0.4, -0.2) is 32.3 Å². The van der Waals surface area contributed by atoms with Gasteiger partial charge in [-0.05, 0) is 79.9 Å². The van der Waals surface area contributed by atoms with E-state index in [9.17, 15) is 13.2 Å². The molecule has 4 rings (SSSR count). The van der Waals surface area contributed by atoms with Gasteiger partial charge < -0.3 is 5.32 Å². The maximum Gasteiger partial charge on any atom is 0.263 e. The Bertz CT molecular complexity index is 1290. The van der Waals surface area contributed by atoms with Crippen molar-refractivity contribution in [3.05, 3.63) is 94.0 Å². The molecule has 2 N–H and O–H groups in total. The first-order valence-corrected chi connectivity index (χ1v) is 13.1. The van der Waals surface area contributed by atoms with Crippen LogP contribution in [0.2, 0.25) is 5.02 Å². The first kappa shape index (κ1) is 24.3. The molecule has 34 heavy (non-hydrogen) atoms. The van der Waals surface area contributed by atoms with Crippen molar-refractivity contribution in [2.75, 3.05) is 17.8 Å². The van der Waals surface area contributed by atoms with Gasteiger partial charge in [0.25, 0.3) is 15.9 Å². The highest BCUT2D eigenvalue weighted by Crippen LogP contribution is 2.25. The minimum atomic E-state index is -3.97. The summed E-state index contributed by atoms with van der Waals surface area (Å²) in [5.41, 5.74) is 3.81. The van der Waals surface area contributed by atoms with E-state index >= 15 is 0 Å². The molecular weight excluding hydrogens is 470 g/mol. The number of carbonyl (C=O) groups excluding carboxylic acids is 1. The van der Waals surface area contributed by atoms with Crippen LogP contribution in [0.3, 0.4) is 0 Å². The summed E-state index contributed by atoms with van der Waals surface area (Å²) in [5.74, 6) is -0.361. The number of aryl methyl sites for hydroxylation is 1. The van der Waals surface area contributed by atoms with Gasteiger partial charge in [-0.25, -0.2) is 8.42 Å². The lowest BCUT2D eigenvalue weighted by atomic mass is 10.1. The zero-order chi connectivity index (χ0) is 24.1. The molecule has 0 aliphatic carbocycles. The van der Waals surface area contributed by atoms with Gasteiger partial charge in [-0.1, -0.05) is 48.0 Å². The number of rotatable bonds is 8. The maximum atomic E-state index is 13.0. The molecule has 1 heterocycles. The van der Waals surface area contributed by atoms with Crippen molar-refractivity contribution in [2.24, 2.45) is 0 Å². The molecule has 0 unspecified atom stereocenters. The molecule has 1 aliphatic rings. The van der Waals surface area contributed by atoms with Crippen molar-refractivity contribution in [1.82, 2.24) is 10.2 Å². The number of nitrogens with zero attached hydrogens (tertiary/aromatic N) is 1. The molecule has 0 bridgehead atoms. The number of amides is 1. The van der Waals surface area contributed by atoms with Crippen LogP contribution in [0, 0.1) is 6.92 Å². The van der Waals surface area contributed by atoms with E-state index in [-0.39, 0.29) is 21.4 Å². The fourth-order valence-corrected chi connectivity index (χ4v) is 5.69. The maximum absolute atomic E-state index is 13.0. The largest absolute Gasteiger partial charge is 0.348 e. The summed E-state index contributed by atoms with van der Waals surface area (Å²) in [6.07, 6.45) is 2.44. The molecule has 178 valence electrons. The number of hydrogen-bond acceptors (Lipinski definition) is 4. The molecule has 1 amide bonds. The third kappa shape index (κ3) is 5.97. The van der Waals surface area contributed by atoms with E-state index in [4.69, 9.17) is 11.6 Å². The first-order valence-electron chi connectivity index (χ1n) is 11.3. The van der Waals surface area contributed by atoms with Gasteiger partial charge in [-0.3, -0.25) is 14.4 Å². The van der Waals surface area contributed by atoms with Crippen LogP contribution in [0.4, 0.5) is 5.69 Å². The molecule has 0 spiro atoms. The predicted molar refractivity (Wildman–Crippen MR) is 136 cm³/mol. The topological polar surface area (TPSA) is 78.5 Å². The number of nitrogens with one attached hydrogen (secondary N) is 2. The summed E-state index contributed by atoms with van der Waals surface area (Å²) in [6.45, 7) is 5.28. The summed E-state index contributed by atoms with van der Waals surface area (Å²) in [5, 5.41) is 2.97. The van der Waals surface area contributed by atoms with E-state index in [2.05, 4.69) is 21.0 Å². The van der Waals surface area contributed by atoms with Crippen molar-refractivity contribution in [1.29, 1.82) is 0 Å². The summed E-state index contributed by atoms with van der Waals surface area (Å²) in [4.78, 5) is 15.2. The number of likely N-dealkylation sites (tertiary alicyclic amines) is 1. The van der Waals surface area contributed by atoms with Gasteiger partial charge >= 0.3 is 0 Å². The minimum absolute atomic E-state index is 0.0488. The number of hydrogen-bond donors (Lipinski definition) is 2. The van der Waals surface area contributed by atoms with Crippen LogP contribution < -0.4 is 10.0 Å². The molecule has 1 saturated heterocycles. The third-order valence-electron chi connectivity index (χ3n) is 5.90. The molecule has 0 radical (unpaired) electrons. The minimum Gasteiger partial charge on any atom is -0.348 e. The lowest BCUT2D eigenvalue weighted by molar-refractivity contribution is 0.0950. The SMILES string of the molecule is Cc1cccc(NS(=O)(=O)c2cc(C(=O)NCc3ccccc3CN3CCCC3)ccc2Cl)c1. The van der Waals surface area contributed by atoms with Crippen molar-refractivity contribution in [3.63, 3.8) is 0 Å². The number of benzene rings is 3. The van der Waals surface area contributed by atoms with E-state index in [0.717, 1.165) is 30.8 Å². The Balaban J connectivity index is 1.48. The van der Waals surface area contributed by atoms with E-state index < -0.39 is 10.0 Å². The van der Waals surface area contributed by atoms with E-state index in [0.29, 0.717) is 12.2 Å². The van der Waals surface area contributed by atoms with E-state index in [1.165, 1.54) is 36.6 Å². The Kier molecular flexibility index (Phi) is 7.56. The van der Waals surface area contributed by atoms with Crippen molar-refractivity contribution < 1.29 is 13.2 Å². The first-order chi connectivity index (χ1) is 16.3. The molecule has 1 fully saturated rings. The second-order valence-corrected chi connectivity index (χ2v) is 10.6. The van der Waals surface area contributed by atoms with Gasteiger partial charge in [0.15, 0.2) is 0 Å². The molecule has 8 heteroatoms. The normalized spacial score (nSPS) is 14.2. The number of anilines is 1. The smallest absolute Gasteiger partial charge is 0.263 e. The van der Waals surface area contributed by atoms with Crippen LogP contribution in [0.1, 0.15) is 39.9 Å². The standard InChI is InChI=1S/C26H28ClN3O3S/c1-19-7-6-10-23(15-19)29-34(32,33)25-16-20(11-12-24(25)27)26(31)28-17-21-8-2-3-9-22(21)18-30-13-4-5-14-30/h2-3,6-12,15-16,29H,4-5,13-14,17-18H2,1H3,(H,28,31). The van der Waals surface area contributed by atoms with Crippen molar-refractivity contribution in [3.8, 4) is 0 Å². The second kappa shape index (κ2) is 10.6. The van der Waals surface area contributed by atoms with Crippen LogP contribution in [-0.2, 0) is 23.1 Å². The van der Waals surface area contributed by atoms with E-state index in [1.807, 2.05) is 31.2 Å². The summed E-state index contributed by atoms with van der Waals surface area (Å²) < 4.78 is 28.5. The Morgan fingerprint density at radius 3 is 2.44 bits per heavy atom. The predicted octanol–water partition coefficient (Wildman–Crippen LogP) is 4.98. The van der Waals surface area contributed by atoms with Gasteiger partial charge in [-0.2, -0.15) is 0 Å². The molecular formula is C26H28ClN3O3S. The Morgan fingerprint density at radius 2 is 1.71 bits per heavy atom.